The number of benzene rings is 3. The monoisotopic (exact) mass is 494 g/mol. The van der Waals surface area contributed by atoms with E-state index >= 15 is 0 Å². The highest BCUT2D eigenvalue weighted by atomic mass is 32.2. The molecule has 1 atom stereocenters. The van der Waals surface area contributed by atoms with Gasteiger partial charge < -0.3 is 10.1 Å². The molecular formula is C28H34N2O4S. The van der Waals surface area contributed by atoms with Crippen molar-refractivity contribution in [2.45, 2.75) is 45.1 Å². The quantitative estimate of drug-likeness (QED) is 0.409. The summed E-state index contributed by atoms with van der Waals surface area (Å²) in [5, 5.41) is 3.06. The molecule has 0 spiro atoms. The molecule has 35 heavy (non-hydrogen) atoms. The van der Waals surface area contributed by atoms with E-state index in [2.05, 4.69) is 19.2 Å². The van der Waals surface area contributed by atoms with Crippen LogP contribution in [-0.2, 0) is 14.8 Å². The maximum absolute atomic E-state index is 13.6. The molecule has 1 N–H and O–H groups in total. The number of methoxy groups -OCH3 is 1. The average Bonchev–Trinajstić information content (AvgIpc) is 2.82. The molecule has 0 heterocycles. The highest BCUT2D eigenvalue weighted by molar-refractivity contribution is 7.92. The molecule has 3 rings (SSSR count). The number of aryl methyl sites for hydroxylation is 2. The molecule has 6 nitrogen and oxygen atoms in total. The van der Waals surface area contributed by atoms with Crippen molar-refractivity contribution in [1.82, 2.24) is 5.32 Å². The third-order valence-electron chi connectivity index (χ3n) is 5.75. The Morgan fingerprint density at radius 2 is 1.60 bits per heavy atom. The second-order valence-corrected chi connectivity index (χ2v) is 11.0. The van der Waals surface area contributed by atoms with Crippen LogP contribution in [0.4, 0.5) is 5.69 Å². The van der Waals surface area contributed by atoms with Gasteiger partial charge in [0.15, 0.2) is 0 Å². The summed E-state index contributed by atoms with van der Waals surface area (Å²) >= 11 is 0. The van der Waals surface area contributed by atoms with Gasteiger partial charge in [0.1, 0.15) is 12.3 Å². The summed E-state index contributed by atoms with van der Waals surface area (Å²) in [5.41, 5.74) is 3.25. The van der Waals surface area contributed by atoms with Crippen molar-refractivity contribution in [3.8, 4) is 5.75 Å². The predicted molar refractivity (Wildman–Crippen MR) is 140 cm³/mol. The minimum Gasteiger partial charge on any atom is -0.497 e. The van der Waals surface area contributed by atoms with Gasteiger partial charge in [-0.1, -0.05) is 55.8 Å². The van der Waals surface area contributed by atoms with Crippen LogP contribution in [0.2, 0.25) is 0 Å². The topological polar surface area (TPSA) is 75.7 Å². The summed E-state index contributed by atoms with van der Waals surface area (Å²) in [7, 11) is -2.35. The minimum atomic E-state index is -3.96. The average molecular weight is 495 g/mol. The standard InChI is InChI=1S/C28H34N2O4S/c1-20(2)17-27(23-11-13-25(34-5)14-12-23)29-28(31)19-30(24-8-6-7-22(4)18-24)35(32,33)26-15-9-21(3)10-16-26/h6-16,18,20,27H,17,19H2,1-5H3,(H,29,31)/t27-/m1/s1. The van der Waals surface area contributed by atoms with E-state index in [9.17, 15) is 13.2 Å². The van der Waals surface area contributed by atoms with Crippen LogP contribution in [0, 0.1) is 19.8 Å². The lowest BCUT2D eigenvalue weighted by Gasteiger charge is -2.27. The molecule has 1 amide bonds. The number of rotatable bonds is 10. The lowest BCUT2D eigenvalue weighted by atomic mass is 9.97. The molecule has 0 saturated heterocycles. The third-order valence-corrected chi connectivity index (χ3v) is 7.53. The van der Waals surface area contributed by atoms with E-state index in [0.29, 0.717) is 18.0 Å². The molecule has 0 saturated carbocycles. The Balaban J connectivity index is 1.92. The number of ether oxygens (including phenoxy) is 1. The lowest BCUT2D eigenvalue weighted by molar-refractivity contribution is -0.120. The third kappa shape index (κ3) is 6.85. The van der Waals surface area contributed by atoms with Gasteiger partial charge in [-0.2, -0.15) is 0 Å². The Morgan fingerprint density at radius 3 is 2.17 bits per heavy atom. The SMILES string of the molecule is COc1ccc([C@@H](CC(C)C)NC(=O)CN(c2cccc(C)c2)S(=O)(=O)c2ccc(C)cc2)cc1. The number of anilines is 1. The fourth-order valence-electron chi connectivity index (χ4n) is 3.89. The molecule has 0 aromatic heterocycles. The number of carbonyl (C=O) groups is 1. The normalized spacial score (nSPS) is 12.3. The summed E-state index contributed by atoms with van der Waals surface area (Å²) in [6.45, 7) is 7.64. The first-order chi connectivity index (χ1) is 16.6. The predicted octanol–water partition coefficient (Wildman–Crippen LogP) is 5.41. The van der Waals surface area contributed by atoms with Gasteiger partial charge >= 0.3 is 0 Å². The van der Waals surface area contributed by atoms with E-state index in [4.69, 9.17) is 4.74 Å². The molecule has 7 heteroatoms. The molecule has 0 radical (unpaired) electrons. The fourth-order valence-corrected chi connectivity index (χ4v) is 5.30. The number of nitrogens with one attached hydrogen (secondary N) is 1. The molecule has 186 valence electrons. The smallest absolute Gasteiger partial charge is 0.264 e. The van der Waals surface area contributed by atoms with Gasteiger partial charge in [0.2, 0.25) is 5.91 Å². The van der Waals surface area contributed by atoms with Crippen LogP contribution in [0.5, 0.6) is 5.75 Å². The van der Waals surface area contributed by atoms with Gasteiger partial charge in [0, 0.05) is 0 Å². The Labute approximate surface area is 209 Å². The zero-order chi connectivity index (χ0) is 25.6. The number of amides is 1. The van der Waals surface area contributed by atoms with Crippen LogP contribution >= 0.6 is 0 Å². The Hall–Kier alpha value is -3.32. The van der Waals surface area contributed by atoms with Gasteiger partial charge in [0.05, 0.1) is 23.7 Å². The fraction of sp³-hybridized carbons (Fsp3) is 0.321. The van der Waals surface area contributed by atoms with Crippen LogP contribution in [-0.4, -0.2) is 28.0 Å². The summed E-state index contributed by atoms with van der Waals surface area (Å²) in [6, 6.07) is 21.1. The van der Waals surface area contributed by atoms with E-state index in [1.54, 1.807) is 49.6 Å². The molecule has 0 aliphatic carbocycles. The first-order valence-electron chi connectivity index (χ1n) is 11.7. The van der Waals surface area contributed by atoms with Crippen molar-refractivity contribution in [3.05, 3.63) is 89.5 Å². The summed E-state index contributed by atoms with van der Waals surface area (Å²) in [4.78, 5) is 13.4. The van der Waals surface area contributed by atoms with Crippen molar-refractivity contribution in [2.24, 2.45) is 5.92 Å². The molecule has 3 aromatic rings. The Morgan fingerprint density at radius 1 is 0.943 bits per heavy atom. The van der Waals surface area contributed by atoms with E-state index in [1.165, 1.54) is 4.31 Å². The molecule has 0 fully saturated rings. The molecule has 0 unspecified atom stereocenters. The molecule has 0 aliphatic rings. The van der Waals surface area contributed by atoms with Gasteiger partial charge in [-0.3, -0.25) is 9.10 Å². The van der Waals surface area contributed by atoms with Crippen molar-refractivity contribution in [3.63, 3.8) is 0 Å². The van der Waals surface area contributed by atoms with Gasteiger partial charge in [-0.25, -0.2) is 8.42 Å². The number of carbonyl (C=O) groups excluding carboxylic acids is 1. The number of hydrogen-bond acceptors (Lipinski definition) is 4. The maximum Gasteiger partial charge on any atom is 0.264 e. The Kier molecular flexibility index (Phi) is 8.57. The number of sulfonamides is 1. The highest BCUT2D eigenvalue weighted by Gasteiger charge is 2.28. The summed E-state index contributed by atoms with van der Waals surface area (Å²) in [5.74, 6) is 0.688. The van der Waals surface area contributed by atoms with Crippen molar-refractivity contribution >= 4 is 21.6 Å². The van der Waals surface area contributed by atoms with E-state index < -0.39 is 10.0 Å². The second kappa shape index (κ2) is 11.4. The van der Waals surface area contributed by atoms with Crippen LogP contribution < -0.4 is 14.4 Å². The molecule has 0 aliphatic heterocycles. The zero-order valence-corrected chi connectivity index (χ0v) is 21.8. The van der Waals surface area contributed by atoms with E-state index in [0.717, 1.165) is 22.4 Å². The van der Waals surface area contributed by atoms with Crippen molar-refractivity contribution < 1.29 is 17.9 Å². The van der Waals surface area contributed by atoms with Gasteiger partial charge in [-0.15, -0.1) is 0 Å². The van der Waals surface area contributed by atoms with Crippen LogP contribution in [0.3, 0.4) is 0 Å². The number of nitrogens with zero attached hydrogens (tertiary/aromatic N) is 1. The van der Waals surface area contributed by atoms with Crippen molar-refractivity contribution in [2.75, 3.05) is 18.0 Å². The van der Waals surface area contributed by atoms with E-state index in [1.807, 2.05) is 44.2 Å². The summed E-state index contributed by atoms with van der Waals surface area (Å²) in [6.07, 6.45) is 0.716. The molecule has 0 bridgehead atoms. The van der Waals surface area contributed by atoms with E-state index in [-0.39, 0.29) is 23.4 Å². The number of hydrogen-bond donors (Lipinski definition) is 1. The van der Waals surface area contributed by atoms with Gasteiger partial charge in [0.25, 0.3) is 10.0 Å². The summed E-state index contributed by atoms with van der Waals surface area (Å²) < 4.78 is 33.7. The second-order valence-electron chi connectivity index (χ2n) is 9.19. The highest BCUT2D eigenvalue weighted by Crippen LogP contribution is 2.26. The van der Waals surface area contributed by atoms with Crippen LogP contribution in [0.25, 0.3) is 0 Å². The molecular weight excluding hydrogens is 460 g/mol. The van der Waals surface area contributed by atoms with Crippen LogP contribution in [0.15, 0.2) is 77.7 Å². The Bertz CT molecular complexity index is 1240. The maximum atomic E-state index is 13.6. The minimum absolute atomic E-state index is 0.145. The first-order valence-corrected chi connectivity index (χ1v) is 13.1. The zero-order valence-electron chi connectivity index (χ0n) is 21.0. The largest absolute Gasteiger partial charge is 0.497 e. The van der Waals surface area contributed by atoms with Crippen molar-refractivity contribution in [1.29, 1.82) is 0 Å². The lowest BCUT2D eigenvalue weighted by Crippen LogP contribution is -2.42. The first kappa shape index (κ1) is 26.3. The van der Waals surface area contributed by atoms with Gasteiger partial charge in [-0.05, 0) is 73.7 Å². The molecule has 3 aromatic carbocycles. The van der Waals surface area contributed by atoms with Crippen LogP contribution in [0.1, 0.15) is 43.0 Å².